The summed E-state index contributed by atoms with van der Waals surface area (Å²) in [5, 5.41) is 4.70. The highest BCUT2D eigenvalue weighted by molar-refractivity contribution is 7.21. The van der Waals surface area contributed by atoms with Crippen LogP contribution in [0.1, 0.15) is 9.67 Å². The van der Waals surface area contributed by atoms with Crippen LogP contribution in [0.2, 0.25) is 10.0 Å². The minimum Gasteiger partial charge on any atom is -0.436 e. The zero-order chi connectivity index (χ0) is 20.0. The molecule has 3 heterocycles. The monoisotopic (exact) mass is 439 g/mol. The fourth-order valence-electron chi connectivity index (χ4n) is 3.00. The number of hydrogen-bond donors (Lipinski definition) is 1. The topological polar surface area (TPSA) is 68.0 Å². The Morgan fingerprint density at radius 3 is 2.69 bits per heavy atom. The summed E-state index contributed by atoms with van der Waals surface area (Å²) in [5.74, 6) is 0.208. The van der Waals surface area contributed by atoms with Gasteiger partial charge in [0.25, 0.3) is 5.91 Å². The van der Waals surface area contributed by atoms with E-state index in [9.17, 15) is 4.79 Å². The molecule has 0 radical (unpaired) electrons. The zero-order valence-electron chi connectivity index (χ0n) is 14.6. The molecule has 8 heteroatoms. The van der Waals surface area contributed by atoms with E-state index in [0.29, 0.717) is 37.6 Å². The molecule has 5 aromatic rings. The van der Waals surface area contributed by atoms with Crippen molar-refractivity contribution in [1.29, 1.82) is 0 Å². The molecule has 1 amide bonds. The van der Waals surface area contributed by atoms with E-state index in [-0.39, 0.29) is 5.91 Å². The Morgan fingerprint density at radius 1 is 1.03 bits per heavy atom. The van der Waals surface area contributed by atoms with E-state index in [2.05, 4.69) is 15.3 Å². The first-order chi connectivity index (χ1) is 14.1. The lowest BCUT2D eigenvalue weighted by Crippen LogP contribution is -2.10. The molecule has 2 aromatic carbocycles. The van der Waals surface area contributed by atoms with Crippen LogP contribution in [0.4, 0.5) is 5.69 Å². The molecule has 0 atom stereocenters. The van der Waals surface area contributed by atoms with Gasteiger partial charge in [-0.3, -0.25) is 9.78 Å². The van der Waals surface area contributed by atoms with Gasteiger partial charge >= 0.3 is 0 Å². The van der Waals surface area contributed by atoms with E-state index in [1.807, 2.05) is 18.2 Å². The molecule has 0 aliphatic carbocycles. The number of carbonyl (C=O) groups is 1. The molecule has 1 N–H and O–H groups in total. The number of carbonyl (C=O) groups excluding carboxylic acids is 1. The van der Waals surface area contributed by atoms with Crippen LogP contribution in [0.3, 0.4) is 0 Å². The van der Waals surface area contributed by atoms with Crippen LogP contribution in [0.15, 0.2) is 65.3 Å². The molecule has 5 rings (SSSR count). The number of thiophene rings is 1. The van der Waals surface area contributed by atoms with Crippen LogP contribution in [-0.2, 0) is 0 Å². The van der Waals surface area contributed by atoms with Crippen molar-refractivity contribution in [2.75, 3.05) is 5.32 Å². The van der Waals surface area contributed by atoms with Crippen molar-refractivity contribution in [2.45, 2.75) is 0 Å². The summed E-state index contributed by atoms with van der Waals surface area (Å²) in [7, 11) is 0. The van der Waals surface area contributed by atoms with Gasteiger partial charge in [0, 0.05) is 38.8 Å². The molecular formula is C21H11Cl2N3O2S. The Bertz CT molecular complexity index is 1380. The van der Waals surface area contributed by atoms with Gasteiger partial charge in [0.1, 0.15) is 10.4 Å². The van der Waals surface area contributed by atoms with Crippen molar-refractivity contribution in [3.63, 3.8) is 0 Å². The summed E-state index contributed by atoms with van der Waals surface area (Å²) in [4.78, 5) is 21.7. The second kappa shape index (κ2) is 7.15. The Balaban J connectivity index is 1.45. The number of fused-ring (bicyclic) bond motifs is 2. The van der Waals surface area contributed by atoms with Crippen molar-refractivity contribution in [3.05, 3.63) is 75.8 Å². The summed E-state index contributed by atoms with van der Waals surface area (Å²) in [6.07, 6.45) is 3.36. The smallest absolute Gasteiger partial charge is 0.267 e. The molecular weight excluding hydrogens is 429 g/mol. The number of hydrogen-bond acceptors (Lipinski definition) is 5. The van der Waals surface area contributed by atoms with Crippen LogP contribution in [0.5, 0.6) is 0 Å². The minimum absolute atomic E-state index is 0.287. The summed E-state index contributed by atoms with van der Waals surface area (Å²) >= 11 is 13.7. The van der Waals surface area contributed by atoms with E-state index in [1.165, 1.54) is 11.3 Å². The molecule has 5 nitrogen and oxygen atoms in total. The highest BCUT2D eigenvalue weighted by Gasteiger charge is 2.18. The molecule has 3 aromatic heterocycles. The second-order valence-electron chi connectivity index (χ2n) is 6.28. The molecule has 29 heavy (non-hydrogen) atoms. The highest BCUT2D eigenvalue weighted by atomic mass is 35.5. The third-order valence-corrected chi connectivity index (χ3v) is 6.26. The Morgan fingerprint density at radius 2 is 1.86 bits per heavy atom. The quantitative estimate of drug-likeness (QED) is 0.341. The minimum atomic E-state index is -0.287. The molecule has 0 fully saturated rings. The Labute approximate surface area is 178 Å². The average Bonchev–Trinajstić information content (AvgIpc) is 3.29. The lowest BCUT2D eigenvalue weighted by molar-refractivity contribution is 0.103. The molecule has 142 valence electrons. The first kappa shape index (κ1) is 18.1. The maximum absolute atomic E-state index is 12.8. The van der Waals surface area contributed by atoms with Crippen molar-refractivity contribution in [1.82, 2.24) is 9.97 Å². The van der Waals surface area contributed by atoms with E-state index in [0.717, 1.165) is 15.6 Å². The van der Waals surface area contributed by atoms with Gasteiger partial charge in [-0.25, -0.2) is 4.98 Å². The van der Waals surface area contributed by atoms with Gasteiger partial charge in [-0.05, 0) is 42.5 Å². The van der Waals surface area contributed by atoms with Gasteiger partial charge in [0.15, 0.2) is 5.58 Å². The second-order valence-corrected chi connectivity index (χ2v) is 8.14. The van der Waals surface area contributed by atoms with Crippen molar-refractivity contribution < 1.29 is 9.21 Å². The number of pyridine rings is 1. The summed E-state index contributed by atoms with van der Waals surface area (Å²) < 4.78 is 6.65. The number of benzene rings is 2. The SMILES string of the molecule is O=C(Nc1ccc2oc(-c3ccncc3)nc2c1)c1sc2cc(Cl)ccc2c1Cl. The number of halogens is 2. The summed E-state index contributed by atoms with van der Waals surface area (Å²) in [6.45, 7) is 0. The highest BCUT2D eigenvalue weighted by Crippen LogP contribution is 2.37. The number of aromatic nitrogens is 2. The van der Waals surface area contributed by atoms with Crippen molar-refractivity contribution >= 4 is 67.3 Å². The number of nitrogens with zero attached hydrogens (tertiary/aromatic N) is 2. The Kier molecular flexibility index (Phi) is 4.47. The molecule has 0 spiro atoms. The molecule has 0 bridgehead atoms. The predicted octanol–water partition coefficient (Wildman–Crippen LogP) is 6.66. The fraction of sp³-hybridized carbons (Fsp3) is 0. The van der Waals surface area contributed by atoms with Gasteiger partial charge in [0.05, 0.1) is 5.02 Å². The zero-order valence-corrected chi connectivity index (χ0v) is 17.0. The van der Waals surface area contributed by atoms with Gasteiger partial charge in [0.2, 0.25) is 5.89 Å². The lowest BCUT2D eigenvalue weighted by atomic mass is 10.2. The van der Waals surface area contributed by atoms with Crippen LogP contribution in [-0.4, -0.2) is 15.9 Å². The number of rotatable bonds is 3. The van der Waals surface area contributed by atoms with E-state index < -0.39 is 0 Å². The third-order valence-electron chi connectivity index (χ3n) is 4.37. The van der Waals surface area contributed by atoms with Gasteiger partial charge in [-0.2, -0.15) is 0 Å². The average molecular weight is 440 g/mol. The lowest BCUT2D eigenvalue weighted by Gasteiger charge is -2.03. The maximum Gasteiger partial charge on any atom is 0.267 e. The van der Waals surface area contributed by atoms with E-state index in [1.54, 1.807) is 42.7 Å². The predicted molar refractivity (Wildman–Crippen MR) is 117 cm³/mol. The van der Waals surface area contributed by atoms with Crippen LogP contribution >= 0.6 is 34.5 Å². The number of nitrogens with one attached hydrogen (secondary N) is 1. The van der Waals surface area contributed by atoms with Gasteiger partial charge in [-0.1, -0.05) is 29.3 Å². The Hall–Kier alpha value is -2.93. The van der Waals surface area contributed by atoms with Crippen molar-refractivity contribution in [3.8, 4) is 11.5 Å². The summed E-state index contributed by atoms with van der Waals surface area (Å²) in [5.41, 5.74) is 2.70. The van der Waals surface area contributed by atoms with E-state index in [4.69, 9.17) is 27.6 Å². The maximum atomic E-state index is 12.8. The fourth-order valence-corrected chi connectivity index (χ4v) is 4.68. The first-order valence-electron chi connectivity index (χ1n) is 8.58. The molecule has 0 aliphatic rings. The first-order valence-corrected chi connectivity index (χ1v) is 10.2. The third kappa shape index (κ3) is 3.35. The number of anilines is 1. The van der Waals surface area contributed by atoms with Crippen LogP contribution in [0, 0.1) is 0 Å². The number of amides is 1. The normalized spacial score (nSPS) is 11.2. The molecule has 0 saturated carbocycles. The van der Waals surface area contributed by atoms with E-state index >= 15 is 0 Å². The molecule has 0 aliphatic heterocycles. The van der Waals surface area contributed by atoms with Crippen LogP contribution in [0.25, 0.3) is 32.6 Å². The standard InChI is InChI=1S/C21H11Cl2N3O2S/c22-12-1-3-14-17(9-12)29-19(18(14)23)20(27)25-13-2-4-16-15(10-13)26-21(28-16)11-5-7-24-8-6-11/h1-10H,(H,25,27). The van der Waals surface area contributed by atoms with Crippen molar-refractivity contribution in [2.24, 2.45) is 0 Å². The largest absolute Gasteiger partial charge is 0.436 e. The number of oxazole rings is 1. The molecule has 0 unspecified atom stereocenters. The molecule has 0 saturated heterocycles. The van der Waals surface area contributed by atoms with Crippen LogP contribution < -0.4 is 5.32 Å². The van der Waals surface area contributed by atoms with Gasteiger partial charge < -0.3 is 9.73 Å². The van der Waals surface area contributed by atoms with Gasteiger partial charge in [-0.15, -0.1) is 11.3 Å². The summed E-state index contributed by atoms with van der Waals surface area (Å²) in [6, 6.07) is 14.3.